The minimum atomic E-state index is -0.0227. The van der Waals surface area contributed by atoms with Crippen molar-refractivity contribution >= 4 is 34.7 Å². The number of fused-ring (bicyclic) bond motifs is 1. The molecule has 0 saturated carbocycles. The summed E-state index contributed by atoms with van der Waals surface area (Å²) in [5.41, 5.74) is 6.92. The monoisotopic (exact) mass is 585 g/mol. The zero-order chi connectivity index (χ0) is 30.0. The number of hydrogen-bond acceptors (Lipinski definition) is 4. The van der Waals surface area contributed by atoms with E-state index in [4.69, 9.17) is 19.5 Å². The molecule has 1 aromatic heterocycles. The number of nitrogens with one attached hydrogen (secondary N) is 1. The molecule has 2 aliphatic rings. The molecule has 2 atom stereocenters. The Balaban J connectivity index is 1.32. The molecule has 0 fully saturated rings. The molecule has 0 bridgehead atoms. The zero-order valence-corrected chi connectivity index (χ0v) is 24.6. The largest absolute Gasteiger partial charge is 0.475 e. The van der Waals surface area contributed by atoms with Gasteiger partial charge in [0, 0.05) is 22.9 Å². The topological polar surface area (TPSA) is 59.0 Å². The van der Waals surface area contributed by atoms with Crippen LogP contribution in [0.25, 0.3) is 45.2 Å². The summed E-state index contributed by atoms with van der Waals surface area (Å²) in [6.07, 6.45) is 4.04. The summed E-state index contributed by atoms with van der Waals surface area (Å²) in [5, 5.41) is 4.01. The van der Waals surface area contributed by atoms with Gasteiger partial charge in [0.2, 0.25) is 11.8 Å². The molecule has 218 valence electrons. The fourth-order valence-corrected chi connectivity index (χ4v) is 6.15. The Bertz CT molecular complexity index is 2000. The minimum Gasteiger partial charge on any atom is -0.475 e. The van der Waals surface area contributed by atoms with Crippen molar-refractivity contribution in [2.24, 2.45) is 9.98 Å². The van der Waals surface area contributed by atoms with Crippen molar-refractivity contribution in [1.29, 1.82) is 0 Å². The van der Waals surface area contributed by atoms with Crippen molar-refractivity contribution < 1.29 is 9.47 Å². The van der Waals surface area contributed by atoms with Gasteiger partial charge in [-0.25, -0.2) is 9.98 Å². The van der Waals surface area contributed by atoms with Crippen LogP contribution in [0.4, 0.5) is 0 Å². The van der Waals surface area contributed by atoms with Crippen LogP contribution in [0.1, 0.15) is 23.2 Å². The quantitative estimate of drug-likeness (QED) is 0.221. The Labute approximate surface area is 261 Å². The summed E-state index contributed by atoms with van der Waals surface area (Å²) in [7, 11) is 0. The van der Waals surface area contributed by atoms with E-state index in [-0.39, 0.29) is 12.1 Å². The molecule has 3 heterocycles. The number of rotatable bonds is 6. The smallest absolute Gasteiger partial charge is 0.211 e. The predicted molar refractivity (Wildman–Crippen MR) is 182 cm³/mol. The fourth-order valence-electron chi connectivity index (χ4n) is 6.15. The Morgan fingerprint density at radius 1 is 0.511 bits per heavy atom. The van der Waals surface area contributed by atoms with E-state index in [0.717, 1.165) is 54.9 Å². The average molecular weight is 586 g/mol. The highest BCUT2D eigenvalue weighted by Crippen LogP contribution is 2.34. The maximum absolute atomic E-state index is 6.10. The molecule has 0 amide bonds. The van der Waals surface area contributed by atoms with Gasteiger partial charge in [-0.2, -0.15) is 0 Å². The number of nitrogens with zero attached hydrogens (tertiary/aromatic N) is 2. The van der Waals surface area contributed by atoms with E-state index in [1.165, 1.54) is 0 Å². The Kier molecular flexibility index (Phi) is 7.04. The van der Waals surface area contributed by atoms with Gasteiger partial charge in [-0.3, -0.25) is 0 Å². The van der Waals surface area contributed by atoms with E-state index >= 15 is 0 Å². The van der Waals surface area contributed by atoms with E-state index in [2.05, 4.69) is 102 Å². The van der Waals surface area contributed by atoms with Crippen LogP contribution in [-0.2, 0) is 9.47 Å². The maximum atomic E-state index is 6.10. The second-order valence-corrected chi connectivity index (χ2v) is 11.3. The first-order chi connectivity index (χ1) is 22.3. The third-order valence-corrected chi connectivity index (χ3v) is 8.43. The predicted octanol–water partition coefficient (Wildman–Crippen LogP) is 7.40. The Morgan fingerprint density at radius 3 is 1.29 bits per heavy atom. The Morgan fingerprint density at radius 2 is 0.889 bits per heavy atom. The molecular weight excluding hydrogens is 554 g/mol. The number of H-pyrrole nitrogens is 1. The molecule has 5 aromatic carbocycles. The van der Waals surface area contributed by atoms with Crippen LogP contribution in [0, 0.1) is 0 Å². The number of aromatic nitrogens is 1. The third-order valence-electron chi connectivity index (χ3n) is 8.43. The lowest BCUT2D eigenvalue weighted by Crippen LogP contribution is -2.14. The van der Waals surface area contributed by atoms with Gasteiger partial charge >= 0.3 is 0 Å². The normalized spacial score (nSPS) is 18.5. The number of aromatic amines is 1. The van der Waals surface area contributed by atoms with Gasteiger partial charge in [-0.05, 0) is 45.5 Å². The van der Waals surface area contributed by atoms with Gasteiger partial charge in [0.15, 0.2) is 0 Å². The van der Waals surface area contributed by atoms with Gasteiger partial charge in [0.25, 0.3) is 0 Å². The lowest BCUT2D eigenvalue weighted by atomic mass is 9.92. The van der Waals surface area contributed by atoms with E-state index in [1.807, 2.05) is 48.6 Å². The minimum absolute atomic E-state index is 0.0227. The zero-order valence-electron chi connectivity index (χ0n) is 24.6. The summed E-state index contributed by atoms with van der Waals surface area (Å²) in [5.74, 6) is 1.23. The van der Waals surface area contributed by atoms with Crippen LogP contribution < -0.4 is 10.7 Å². The molecule has 6 aromatic rings. The summed E-state index contributed by atoms with van der Waals surface area (Å²) < 4.78 is 12.2. The van der Waals surface area contributed by atoms with Crippen molar-refractivity contribution in [3.63, 3.8) is 0 Å². The number of aliphatic imine (C=N–C) groups is 2. The highest BCUT2D eigenvalue weighted by Gasteiger charge is 2.21. The molecule has 5 nitrogen and oxygen atoms in total. The molecule has 0 unspecified atom stereocenters. The molecule has 8 rings (SSSR count). The maximum Gasteiger partial charge on any atom is 0.211 e. The fraction of sp³-hybridized carbons (Fsp3) is 0.100. The molecule has 2 aliphatic heterocycles. The third kappa shape index (κ3) is 5.45. The van der Waals surface area contributed by atoms with Crippen molar-refractivity contribution in [1.82, 2.24) is 4.98 Å². The first-order valence-electron chi connectivity index (χ1n) is 15.3. The van der Waals surface area contributed by atoms with Crippen LogP contribution >= 0.6 is 0 Å². The van der Waals surface area contributed by atoms with Gasteiger partial charge in [0.05, 0.1) is 10.7 Å². The van der Waals surface area contributed by atoms with Crippen LogP contribution in [0.15, 0.2) is 143 Å². The van der Waals surface area contributed by atoms with Gasteiger partial charge < -0.3 is 14.5 Å². The summed E-state index contributed by atoms with van der Waals surface area (Å²) in [4.78, 5) is 13.5. The average Bonchev–Trinajstić information content (AvgIpc) is 3.86. The van der Waals surface area contributed by atoms with Crippen molar-refractivity contribution in [2.45, 2.75) is 12.1 Å². The Hall–Kier alpha value is -5.68. The van der Waals surface area contributed by atoms with E-state index < -0.39 is 0 Å². The molecule has 0 aliphatic carbocycles. The lowest BCUT2D eigenvalue weighted by Gasteiger charge is -2.11. The van der Waals surface area contributed by atoms with Crippen LogP contribution in [0.3, 0.4) is 0 Å². The standard InChI is InChI=1S/C40H31N3O2/c1-5-13-27(14-6-1)31-21-33-34(22-32(31)28-15-7-2-8-16-28)36(24-40-43-38(26-45-40)30-19-11-4-12-20-30)41-35(33)23-39-42-37(25-44-39)29-17-9-3-10-18-29/h1-24,37-38,41H,25-26H2/b35-23-,36-24-/t37-,38-/m1/s1. The van der Waals surface area contributed by atoms with E-state index in [1.54, 1.807) is 0 Å². The molecule has 0 spiro atoms. The van der Waals surface area contributed by atoms with Crippen molar-refractivity contribution in [3.05, 3.63) is 155 Å². The van der Waals surface area contributed by atoms with Gasteiger partial charge in [-0.1, -0.05) is 121 Å². The van der Waals surface area contributed by atoms with Crippen molar-refractivity contribution in [2.75, 3.05) is 13.2 Å². The second kappa shape index (κ2) is 11.8. The van der Waals surface area contributed by atoms with Crippen LogP contribution in [-0.4, -0.2) is 30.0 Å². The number of ether oxygens (including phenoxy) is 2. The lowest BCUT2D eigenvalue weighted by molar-refractivity contribution is 0.323. The highest BCUT2D eigenvalue weighted by molar-refractivity contribution is 6.10. The number of hydrogen-bond donors (Lipinski definition) is 1. The SMILES string of the molecule is C(/C1=N[C@@H](c2ccccc2)CO1)=c1/[nH]/c(=C\C2=N[C@@H](c3ccccc3)CO2)c2cc(-c3ccccc3)c(-c3ccccc3)cc12. The van der Waals surface area contributed by atoms with Gasteiger partial charge in [0.1, 0.15) is 25.3 Å². The van der Waals surface area contributed by atoms with Crippen LogP contribution in [0.5, 0.6) is 0 Å². The van der Waals surface area contributed by atoms with E-state index in [0.29, 0.717) is 25.0 Å². The van der Waals surface area contributed by atoms with Gasteiger partial charge in [-0.15, -0.1) is 0 Å². The molecule has 5 heteroatoms. The summed E-state index contributed by atoms with van der Waals surface area (Å²) in [6.45, 7) is 1.04. The summed E-state index contributed by atoms with van der Waals surface area (Å²) >= 11 is 0. The second-order valence-electron chi connectivity index (χ2n) is 11.3. The highest BCUT2D eigenvalue weighted by atomic mass is 16.5. The number of benzene rings is 5. The summed E-state index contributed by atoms with van der Waals surface area (Å²) in [6, 6.07) is 46.2. The van der Waals surface area contributed by atoms with Crippen molar-refractivity contribution in [3.8, 4) is 22.3 Å². The molecule has 45 heavy (non-hydrogen) atoms. The van der Waals surface area contributed by atoms with Crippen LogP contribution in [0.2, 0.25) is 0 Å². The first kappa shape index (κ1) is 26.9. The molecule has 1 N–H and O–H groups in total. The molecular formula is C40H31N3O2. The van der Waals surface area contributed by atoms with E-state index in [9.17, 15) is 0 Å². The first-order valence-corrected chi connectivity index (χ1v) is 15.3. The molecule has 0 radical (unpaired) electrons. The molecule has 0 saturated heterocycles.